The number of nitrogens with one attached hydrogen (secondary N) is 1. The van der Waals surface area contributed by atoms with E-state index in [-0.39, 0.29) is 5.91 Å². The average molecular weight is 412 g/mol. The summed E-state index contributed by atoms with van der Waals surface area (Å²) in [5.74, 6) is 0.547. The Morgan fingerprint density at radius 3 is 2.68 bits per heavy atom. The molecule has 4 aromatic rings. The molecule has 0 bridgehead atoms. The van der Waals surface area contributed by atoms with Crippen molar-refractivity contribution in [3.05, 3.63) is 95.9 Å². The maximum absolute atomic E-state index is 13.1. The molecule has 0 aliphatic carbocycles. The predicted octanol–water partition coefficient (Wildman–Crippen LogP) is 4.22. The highest BCUT2D eigenvalue weighted by atomic mass is 16.5. The van der Waals surface area contributed by atoms with E-state index < -0.39 is 0 Å². The topological polar surface area (TPSA) is 69.0 Å². The fourth-order valence-electron chi connectivity index (χ4n) is 3.32. The highest BCUT2D eigenvalue weighted by Gasteiger charge is 2.19. The Hall–Kier alpha value is -3.93. The number of carbonyl (C=O) groups excluding carboxylic acids is 1. The summed E-state index contributed by atoms with van der Waals surface area (Å²) in [4.78, 5) is 17.2. The van der Waals surface area contributed by atoms with Gasteiger partial charge in [0, 0.05) is 30.7 Å². The van der Waals surface area contributed by atoms with E-state index in [1.807, 2.05) is 73.8 Å². The van der Waals surface area contributed by atoms with E-state index in [1.165, 1.54) is 0 Å². The van der Waals surface area contributed by atoms with Gasteiger partial charge in [0.15, 0.2) is 0 Å². The Morgan fingerprint density at radius 2 is 1.94 bits per heavy atom. The predicted molar refractivity (Wildman–Crippen MR) is 121 cm³/mol. The molecule has 31 heavy (non-hydrogen) atoms. The van der Waals surface area contributed by atoms with Gasteiger partial charge >= 0.3 is 0 Å². The molecule has 0 spiro atoms. The number of hydrogen-bond donors (Lipinski definition) is 1. The molecular weight excluding hydrogens is 388 g/mol. The van der Waals surface area contributed by atoms with Crippen LogP contribution in [0.2, 0.25) is 0 Å². The summed E-state index contributed by atoms with van der Waals surface area (Å²) in [6, 6.07) is 19.5. The largest absolute Gasteiger partial charge is 0.497 e. The normalized spacial score (nSPS) is 10.6. The van der Waals surface area contributed by atoms with Crippen molar-refractivity contribution in [1.82, 2.24) is 20.1 Å². The lowest BCUT2D eigenvalue weighted by Gasteiger charge is -2.06. The van der Waals surface area contributed by atoms with Gasteiger partial charge in [0.25, 0.3) is 5.91 Å². The molecule has 156 valence electrons. The van der Waals surface area contributed by atoms with Gasteiger partial charge in [0.2, 0.25) is 0 Å². The molecule has 0 aliphatic heterocycles. The first-order valence-electron chi connectivity index (χ1n) is 10.1. The zero-order valence-corrected chi connectivity index (χ0v) is 17.6. The van der Waals surface area contributed by atoms with Gasteiger partial charge in [-0.1, -0.05) is 35.9 Å². The number of benzene rings is 2. The third-order valence-corrected chi connectivity index (χ3v) is 5.02. The number of ether oxygens (including phenoxy) is 1. The quantitative estimate of drug-likeness (QED) is 0.493. The van der Waals surface area contributed by atoms with Crippen LogP contribution in [0.3, 0.4) is 0 Å². The van der Waals surface area contributed by atoms with Crippen molar-refractivity contribution in [3.8, 4) is 22.7 Å². The molecule has 6 nitrogen and oxygen atoms in total. The van der Waals surface area contributed by atoms with Gasteiger partial charge in [-0.3, -0.25) is 9.78 Å². The minimum absolute atomic E-state index is 0.167. The lowest BCUT2D eigenvalue weighted by atomic mass is 10.1. The van der Waals surface area contributed by atoms with Gasteiger partial charge in [-0.15, -0.1) is 0 Å². The second-order valence-corrected chi connectivity index (χ2v) is 7.27. The van der Waals surface area contributed by atoms with Crippen LogP contribution in [0.1, 0.15) is 21.5 Å². The standard InChI is InChI=1S/C25H24N4O2/c1-18-8-10-21(11-9-18)29-17-23(24(28-29)20-6-3-7-22(15-20)31-2)25(30)27-14-12-19-5-4-13-26-16-19/h3-11,13,15-17H,12,14H2,1-2H3,(H,27,30). The van der Waals surface area contributed by atoms with Gasteiger partial charge in [-0.05, 0) is 49.2 Å². The number of aryl methyl sites for hydroxylation is 1. The minimum Gasteiger partial charge on any atom is -0.497 e. The summed E-state index contributed by atoms with van der Waals surface area (Å²) >= 11 is 0. The fraction of sp³-hybridized carbons (Fsp3) is 0.160. The lowest BCUT2D eigenvalue weighted by molar-refractivity contribution is 0.0954. The van der Waals surface area contributed by atoms with E-state index in [0.29, 0.717) is 30.0 Å². The molecule has 0 unspecified atom stereocenters. The van der Waals surface area contributed by atoms with E-state index in [4.69, 9.17) is 9.84 Å². The molecule has 2 heterocycles. The van der Waals surface area contributed by atoms with Crippen molar-refractivity contribution >= 4 is 5.91 Å². The number of hydrogen-bond acceptors (Lipinski definition) is 4. The Kier molecular flexibility index (Phi) is 6.08. The Balaban J connectivity index is 1.63. The van der Waals surface area contributed by atoms with Crippen LogP contribution in [-0.4, -0.2) is 34.3 Å². The van der Waals surface area contributed by atoms with Crippen molar-refractivity contribution in [3.63, 3.8) is 0 Å². The van der Waals surface area contributed by atoms with Crippen molar-refractivity contribution in [1.29, 1.82) is 0 Å². The second kappa shape index (κ2) is 9.26. The second-order valence-electron chi connectivity index (χ2n) is 7.27. The first-order chi connectivity index (χ1) is 15.1. The molecule has 0 saturated carbocycles. The van der Waals surface area contributed by atoms with Gasteiger partial charge in [-0.25, -0.2) is 4.68 Å². The van der Waals surface area contributed by atoms with E-state index in [1.54, 1.807) is 24.2 Å². The van der Waals surface area contributed by atoms with Crippen LogP contribution in [0.15, 0.2) is 79.3 Å². The van der Waals surface area contributed by atoms with Crippen LogP contribution >= 0.6 is 0 Å². The van der Waals surface area contributed by atoms with Crippen LogP contribution < -0.4 is 10.1 Å². The molecule has 1 amide bonds. The smallest absolute Gasteiger partial charge is 0.255 e. The van der Waals surface area contributed by atoms with Gasteiger partial charge in [0.05, 0.1) is 18.4 Å². The van der Waals surface area contributed by atoms with Crippen LogP contribution in [0.5, 0.6) is 5.75 Å². The summed E-state index contributed by atoms with van der Waals surface area (Å²) < 4.78 is 7.09. The number of rotatable bonds is 7. The van der Waals surface area contributed by atoms with E-state index in [2.05, 4.69) is 10.3 Å². The van der Waals surface area contributed by atoms with E-state index in [9.17, 15) is 4.79 Å². The fourth-order valence-corrected chi connectivity index (χ4v) is 3.32. The zero-order chi connectivity index (χ0) is 21.6. The van der Waals surface area contributed by atoms with Crippen LogP contribution in [-0.2, 0) is 6.42 Å². The number of carbonyl (C=O) groups is 1. The van der Waals surface area contributed by atoms with Gasteiger partial charge in [0.1, 0.15) is 11.4 Å². The minimum atomic E-state index is -0.167. The monoisotopic (exact) mass is 412 g/mol. The number of nitrogens with zero attached hydrogens (tertiary/aromatic N) is 3. The molecule has 1 N–H and O–H groups in total. The van der Waals surface area contributed by atoms with E-state index in [0.717, 1.165) is 22.4 Å². The molecule has 2 aromatic carbocycles. The lowest BCUT2D eigenvalue weighted by Crippen LogP contribution is -2.25. The molecule has 0 atom stereocenters. The number of aromatic nitrogens is 3. The highest BCUT2D eigenvalue weighted by molar-refractivity contribution is 6.00. The van der Waals surface area contributed by atoms with Crippen molar-refractivity contribution in [2.75, 3.05) is 13.7 Å². The summed E-state index contributed by atoms with van der Waals surface area (Å²) in [6.45, 7) is 2.55. The summed E-state index contributed by atoms with van der Waals surface area (Å²) in [6.07, 6.45) is 6.03. The molecule has 0 aliphatic rings. The maximum atomic E-state index is 13.1. The zero-order valence-electron chi connectivity index (χ0n) is 17.6. The van der Waals surface area contributed by atoms with Crippen LogP contribution in [0.25, 0.3) is 16.9 Å². The molecule has 0 radical (unpaired) electrons. The number of methoxy groups -OCH3 is 1. The van der Waals surface area contributed by atoms with Gasteiger partial charge in [-0.2, -0.15) is 5.10 Å². The molecule has 2 aromatic heterocycles. The van der Waals surface area contributed by atoms with Crippen LogP contribution in [0.4, 0.5) is 0 Å². The third kappa shape index (κ3) is 4.80. The Bertz CT molecular complexity index is 1170. The third-order valence-electron chi connectivity index (χ3n) is 5.02. The Labute approximate surface area is 181 Å². The molecule has 4 rings (SSSR count). The molecule has 6 heteroatoms. The number of amides is 1. The first kappa shape index (κ1) is 20.3. The number of pyridine rings is 1. The summed E-state index contributed by atoms with van der Waals surface area (Å²) in [5.41, 5.74) is 5.08. The maximum Gasteiger partial charge on any atom is 0.255 e. The van der Waals surface area contributed by atoms with Gasteiger partial charge < -0.3 is 10.1 Å². The molecule has 0 fully saturated rings. The van der Waals surface area contributed by atoms with Crippen molar-refractivity contribution in [2.45, 2.75) is 13.3 Å². The average Bonchev–Trinajstić information content (AvgIpc) is 3.26. The SMILES string of the molecule is COc1cccc(-c2nn(-c3ccc(C)cc3)cc2C(=O)NCCc2cccnc2)c1. The van der Waals surface area contributed by atoms with Crippen molar-refractivity contribution in [2.24, 2.45) is 0 Å². The van der Waals surface area contributed by atoms with Crippen molar-refractivity contribution < 1.29 is 9.53 Å². The van der Waals surface area contributed by atoms with Crippen LogP contribution in [0, 0.1) is 6.92 Å². The summed E-state index contributed by atoms with van der Waals surface area (Å²) in [5, 5.41) is 7.74. The molecular formula is C25H24N4O2. The summed E-state index contributed by atoms with van der Waals surface area (Å²) in [7, 11) is 1.62. The molecule has 0 saturated heterocycles. The highest BCUT2D eigenvalue weighted by Crippen LogP contribution is 2.27. The first-order valence-corrected chi connectivity index (χ1v) is 10.1. The Morgan fingerprint density at radius 1 is 1.10 bits per heavy atom. The van der Waals surface area contributed by atoms with E-state index >= 15 is 0 Å².